The zero-order valence-corrected chi connectivity index (χ0v) is 12.9. The summed E-state index contributed by atoms with van der Waals surface area (Å²) < 4.78 is 29.1. The highest BCUT2D eigenvalue weighted by molar-refractivity contribution is 9.10. The maximum atomic E-state index is 12.2. The molecule has 0 atom stereocenters. The number of aromatic nitrogens is 2. The van der Waals surface area contributed by atoms with Crippen molar-refractivity contribution < 1.29 is 8.42 Å². The quantitative estimate of drug-likeness (QED) is 0.912. The minimum Gasteiger partial charge on any atom is -0.336 e. The number of nitrogens with one attached hydrogen (secondary N) is 1. The third-order valence-corrected chi connectivity index (χ3v) is 4.34. The van der Waals surface area contributed by atoms with Gasteiger partial charge in [0, 0.05) is 17.2 Å². The van der Waals surface area contributed by atoms with Crippen molar-refractivity contribution in [3.63, 3.8) is 0 Å². The molecular weight excluding hydrogens is 344 g/mol. The summed E-state index contributed by atoms with van der Waals surface area (Å²) in [6.07, 6.45) is 2.88. The van der Waals surface area contributed by atoms with Crippen molar-refractivity contribution in [2.45, 2.75) is 18.5 Å². The normalized spacial score (nSPS) is 11.1. The Kier molecular flexibility index (Phi) is 4.11. The average molecular weight is 355 g/mol. The van der Waals surface area contributed by atoms with E-state index in [2.05, 4.69) is 25.6 Å². The molecule has 0 unspecified atom stereocenters. The first-order chi connectivity index (χ1) is 9.46. The fourth-order valence-electron chi connectivity index (χ4n) is 1.55. The lowest BCUT2D eigenvalue weighted by atomic mass is 10.2. The maximum Gasteiger partial charge on any atom is 0.280 e. The largest absolute Gasteiger partial charge is 0.336 e. The van der Waals surface area contributed by atoms with Crippen molar-refractivity contribution >= 4 is 31.6 Å². The topological polar surface area (TPSA) is 87.8 Å². The van der Waals surface area contributed by atoms with Crippen LogP contribution in [0.2, 0.25) is 0 Å². The molecular formula is C12H11BrN4O2S. The third kappa shape index (κ3) is 3.00. The summed E-state index contributed by atoms with van der Waals surface area (Å²) >= 11 is 3.23. The molecule has 0 radical (unpaired) electrons. The van der Waals surface area contributed by atoms with E-state index in [1.165, 1.54) is 18.6 Å². The van der Waals surface area contributed by atoms with E-state index in [-0.39, 0.29) is 16.3 Å². The molecule has 2 rings (SSSR count). The van der Waals surface area contributed by atoms with Crippen LogP contribution in [0.4, 0.5) is 5.69 Å². The summed E-state index contributed by atoms with van der Waals surface area (Å²) in [5, 5.41) is 8.95. The van der Waals surface area contributed by atoms with Gasteiger partial charge in [-0.1, -0.05) is 15.9 Å². The van der Waals surface area contributed by atoms with E-state index < -0.39 is 10.0 Å². The highest BCUT2D eigenvalue weighted by Gasteiger charge is 2.19. The Morgan fingerprint density at radius 1 is 1.50 bits per heavy atom. The van der Waals surface area contributed by atoms with Crippen LogP contribution < -0.4 is 4.72 Å². The van der Waals surface area contributed by atoms with Crippen molar-refractivity contribution in [2.75, 3.05) is 4.72 Å². The van der Waals surface area contributed by atoms with Crippen LogP contribution in [0, 0.1) is 11.3 Å². The van der Waals surface area contributed by atoms with Gasteiger partial charge in [0.25, 0.3) is 10.0 Å². The van der Waals surface area contributed by atoms with Gasteiger partial charge in [0.05, 0.1) is 17.6 Å². The number of hydrogen-bond acceptors (Lipinski definition) is 4. The number of sulfonamides is 1. The highest BCUT2D eigenvalue weighted by atomic mass is 79.9. The Balaban J connectivity index is 2.36. The fourth-order valence-corrected chi connectivity index (χ4v) is 2.94. The van der Waals surface area contributed by atoms with Gasteiger partial charge < -0.3 is 4.57 Å². The van der Waals surface area contributed by atoms with Crippen LogP contribution in [0.5, 0.6) is 0 Å². The van der Waals surface area contributed by atoms with Crippen LogP contribution in [0.3, 0.4) is 0 Å². The lowest BCUT2D eigenvalue weighted by molar-refractivity contribution is 0.598. The fraction of sp³-hybridized carbons (Fsp3) is 0.167. The lowest BCUT2D eigenvalue weighted by Crippen LogP contribution is -2.14. The Morgan fingerprint density at radius 2 is 2.25 bits per heavy atom. The highest BCUT2D eigenvalue weighted by Crippen LogP contribution is 2.22. The Hall–Kier alpha value is -1.85. The van der Waals surface area contributed by atoms with Gasteiger partial charge in [0.15, 0.2) is 5.03 Å². The number of aryl methyl sites for hydroxylation is 1. The molecule has 1 N–H and O–H groups in total. The van der Waals surface area contributed by atoms with Gasteiger partial charge in [-0.05, 0) is 25.1 Å². The summed E-state index contributed by atoms with van der Waals surface area (Å²) in [5.74, 6) is 0. The number of nitriles is 1. The van der Waals surface area contributed by atoms with E-state index in [0.29, 0.717) is 11.0 Å². The van der Waals surface area contributed by atoms with Gasteiger partial charge in [0.1, 0.15) is 6.07 Å². The molecule has 0 aliphatic heterocycles. The number of nitrogens with zero attached hydrogens (tertiary/aromatic N) is 3. The number of rotatable bonds is 4. The third-order valence-electron chi connectivity index (χ3n) is 2.60. The van der Waals surface area contributed by atoms with Crippen molar-refractivity contribution in [1.29, 1.82) is 5.26 Å². The van der Waals surface area contributed by atoms with Gasteiger partial charge >= 0.3 is 0 Å². The molecule has 0 amide bonds. The minimum absolute atomic E-state index is 0.0776. The number of anilines is 1. The van der Waals surface area contributed by atoms with Crippen molar-refractivity contribution in [2.24, 2.45) is 0 Å². The van der Waals surface area contributed by atoms with E-state index in [0.717, 1.165) is 0 Å². The van der Waals surface area contributed by atoms with Gasteiger partial charge in [-0.25, -0.2) is 4.98 Å². The van der Waals surface area contributed by atoms with Crippen LogP contribution in [-0.2, 0) is 16.6 Å². The molecule has 0 spiro atoms. The predicted octanol–water partition coefficient (Wildman–Crippen LogP) is 2.34. The Morgan fingerprint density at radius 3 is 2.85 bits per heavy atom. The van der Waals surface area contributed by atoms with Crippen LogP contribution in [0.1, 0.15) is 12.5 Å². The Bertz CT molecular complexity index is 777. The molecule has 8 heteroatoms. The number of benzene rings is 1. The van der Waals surface area contributed by atoms with Gasteiger partial charge in [-0.15, -0.1) is 0 Å². The maximum absolute atomic E-state index is 12.2. The van der Waals surface area contributed by atoms with E-state index in [1.807, 2.05) is 13.0 Å². The van der Waals surface area contributed by atoms with E-state index >= 15 is 0 Å². The van der Waals surface area contributed by atoms with Gasteiger partial charge in [-0.2, -0.15) is 13.7 Å². The zero-order chi connectivity index (χ0) is 14.8. The summed E-state index contributed by atoms with van der Waals surface area (Å²) in [6.45, 7) is 2.51. The second kappa shape index (κ2) is 5.64. The molecule has 6 nitrogen and oxygen atoms in total. The monoisotopic (exact) mass is 354 g/mol. The molecule has 0 saturated carbocycles. The molecule has 0 aliphatic carbocycles. The molecule has 0 fully saturated rings. The first-order valence-electron chi connectivity index (χ1n) is 5.70. The summed E-state index contributed by atoms with van der Waals surface area (Å²) in [5.41, 5.74) is 0.458. The second-order valence-corrected chi connectivity index (χ2v) is 6.49. The van der Waals surface area contributed by atoms with Crippen LogP contribution >= 0.6 is 15.9 Å². The van der Waals surface area contributed by atoms with Gasteiger partial charge in [-0.3, -0.25) is 4.72 Å². The number of hydrogen-bond donors (Lipinski definition) is 1. The molecule has 0 aliphatic rings. The molecule has 1 aromatic heterocycles. The van der Waals surface area contributed by atoms with Crippen molar-refractivity contribution in [3.05, 3.63) is 40.8 Å². The molecule has 2 aromatic rings. The molecule has 20 heavy (non-hydrogen) atoms. The zero-order valence-electron chi connectivity index (χ0n) is 10.5. The van der Waals surface area contributed by atoms with Crippen LogP contribution in [-0.4, -0.2) is 18.0 Å². The molecule has 1 aromatic carbocycles. The summed E-state index contributed by atoms with van der Waals surface area (Å²) in [4.78, 5) is 3.85. The van der Waals surface area contributed by atoms with Crippen molar-refractivity contribution in [1.82, 2.24) is 9.55 Å². The molecule has 0 bridgehead atoms. The predicted molar refractivity (Wildman–Crippen MR) is 77.6 cm³/mol. The summed E-state index contributed by atoms with van der Waals surface area (Å²) in [7, 11) is -3.80. The second-order valence-electron chi connectivity index (χ2n) is 3.95. The average Bonchev–Trinajstić information content (AvgIpc) is 2.90. The van der Waals surface area contributed by atoms with E-state index in [1.54, 1.807) is 16.7 Å². The van der Waals surface area contributed by atoms with Crippen LogP contribution in [0.15, 0.2) is 40.2 Å². The standard InChI is InChI=1S/C12H11BrN4O2S/c1-2-17-7-12(15-8-17)20(18,19)16-11-4-3-10(13)5-9(11)6-14/h3-5,7-8,16H,2H2,1H3. The van der Waals surface area contributed by atoms with Crippen molar-refractivity contribution in [3.8, 4) is 6.07 Å². The number of imidazole rings is 1. The van der Waals surface area contributed by atoms with Crippen LogP contribution in [0.25, 0.3) is 0 Å². The Labute approximate surface area is 125 Å². The van der Waals surface area contributed by atoms with E-state index in [4.69, 9.17) is 5.26 Å². The molecule has 104 valence electrons. The van der Waals surface area contributed by atoms with E-state index in [9.17, 15) is 8.42 Å². The minimum atomic E-state index is -3.80. The molecule has 0 saturated heterocycles. The lowest BCUT2D eigenvalue weighted by Gasteiger charge is -2.07. The number of halogens is 1. The first-order valence-corrected chi connectivity index (χ1v) is 7.98. The molecule has 1 heterocycles. The first kappa shape index (κ1) is 14.6. The van der Waals surface area contributed by atoms with Gasteiger partial charge in [0.2, 0.25) is 0 Å². The summed E-state index contributed by atoms with van der Waals surface area (Å²) in [6, 6.07) is 6.67. The smallest absolute Gasteiger partial charge is 0.280 e. The SMILES string of the molecule is CCn1cnc(S(=O)(=O)Nc2ccc(Br)cc2C#N)c1.